The van der Waals surface area contributed by atoms with E-state index in [1.54, 1.807) is 0 Å². The first kappa shape index (κ1) is 13.9. The smallest absolute Gasteiger partial charge is 0.0117 e. The van der Waals surface area contributed by atoms with Crippen LogP contribution in [0.4, 0.5) is 0 Å². The molecule has 2 rings (SSSR count). The minimum Gasteiger partial charge on any atom is -0.0620 e. The molecule has 0 N–H and O–H groups in total. The number of hydrogen-bond donors (Lipinski definition) is 0. The van der Waals surface area contributed by atoms with Crippen LogP contribution >= 0.6 is 0 Å². The van der Waals surface area contributed by atoms with E-state index in [-0.39, 0.29) is 0 Å². The van der Waals surface area contributed by atoms with Crippen LogP contribution in [0.15, 0.2) is 24.3 Å². The summed E-state index contributed by atoms with van der Waals surface area (Å²) in [6.07, 6.45) is 1.08. The maximum Gasteiger partial charge on any atom is -0.0117 e. The monoisotopic (exact) mass is 252 g/mol. The lowest BCUT2D eigenvalue weighted by Crippen LogP contribution is -2.01. The normalized spacial score (nSPS) is 10.8. The molecule has 0 amide bonds. The fourth-order valence-corrected chi connectivity index (χ4v) is 2.98. The Kier molecular flexibility index (Phi) is 3.80. The predicted molar refractivity (Wildman–Crippen MR) is 84.9 cm³/mol. The zero-order chi connectivity index (χ0) is 14.2. The van der Waals surface area contributed by atoms with Crippen molar-refractivity contribution in [3.8, 4) is 11.1 Å². The summed E-state index contributed by atoms with van der Waals surface area (Å²) in [4.78, 5) is 0. The molecule has 0 atom stereocenters. The van der Waals surface area contributed by atoms with Gasteiger partial charge in [-0.05, 0) is 85.5 Å². The summed E-state index contributed by atoms with van der Waals surface area (Å²) in [5.74, 6) is 0. The average molecular weight is 252 g/mol. The lowest BCUT2D eigenvalue weighted by atomic mass is 9.84. The third kappa shape index (κ3) is 2.20. The van der Waals surface area contributed by atoms with Crippen LogP contribution in [0.25, 0.3) is 11.1 Å². The highest BCUT2D eigenvalue weighted by atomic mass is 14.2. The van der Waals surface area contributed by atoms with Crippen LogP contribution in [-0.4, -0.2) is 0 Å². The third-order valence-corrected chi connectivity index (χ3v) is 4.67. The average Bonchev–Trinajstić information content (AvgIpc) is 2.44. The van der Waals surface area contributed by atoms with E-state index >= 15 is 0 Å². The van der Waals surface area contributed by atoms with E-state index in [2.05, 4.69) is 65.8 Å². The lowest BCUT2D eigenvalue weighted by molar-refractivity contribution is 1.13. The van der Waals surface area contributed by atoms with E-state index in [0.717, 1.165) is 6.42 Å². The molecule has 0 aromatic heterocycles. The van der Waals surface area contributed by atoms with E-state index in [9.17, 15) is 0 Å². The van der Waals surface area contributed by atoms with Gasteiger partial charge in [-0.2, -0.15) is 0 Å². The Balaban J connectivity index is 2.83. The summed E-state index contributed by atoms with van der Waals surface area (Å²) in [6, 6.07) is 8.81. The van der Waals surface area contributed by atoms with Gasteiger partial charge in [-0.25, -0.2) is 0 Å². The molecule has 0 heterocycles. The van der Waals surface area contributed by atoms with Crippen molar-refractivity contribution < 1.29 is 0 Å². The van der Waals surface area contributed by atoms with E-state index in [1.807, 2.05) is 0 Å². The second kappa shape index (κ2) is 5.21. The van der Waals surface area contributed by atoms with Gasteiger partial charge in [-0.1, -0.05) is 31.2 Å². The van der Waals surface area contributed by atoms with E-state index in [1.165, 1.54) is 44.5 Å². The van der Waals surface area contributed by atoms with Gasteiger partial charge < -0.3 is 0 Å². The van der Waals surface area contributed by atoms with Gasteiger partial charge in [0.05, 0.1) is 0 Å². The van der Waals surface area contributed by atoms with Gasteiger partial charge in [0.1, 0.15) is 0 Å². The van der Waals surface area contributed by atoms with E-state index in [0.29, 0.717) is 0 Å². The summed E-state index contributed by atoms with van der Waals surface area (Å²) < 4.78 is 0. The second-order valence-electron chi connectivity index (χ2n) is 5.51. The molecule has 0 saturated carbocycles. The number of aryl methyl sites for hydroxylation is 1. The summed E-state index contributed by atoms with van der Waals surface area (Å²) in [5.41, 5.74) is 11.5. The summed E-state index contributed by atoms with van der Waals surface area (Å²) in [6.45, 7) is 13.5. The molecule has 0 bridgehead atoms. The zero-order valence-electron chi connectivity index (χ0n) is 13.0. The molecule has 2 aromatic carbocycles. The van der Waals surface area contributed by atoms with Gasteiger partial charge in [0.2, 0.25) is 0 Å². The van der Waals surface area contributed by atoms with Gasteiger partial charge in [-0.15, -0.1) is 0 Å². The van der Waals surface area contributed by atoms with Gasteiger partial charge >= 0.3 is 0 Å². The predicted octanol–water partition coefficient (Wildman–Crippen LogP) is 5.46. The highest BCUT2D eigenvalue weighted by Crippen LogP contribution is 2.35. The topological polar surface area (TPSA) is 0 Å². The van der Waals surface area contributed by atoms with Crippen molar-refractivity contribution in [2.75, 3.05) is 0 Å². The first-order valence-electron chi connectivity index (χ1n) is 7.14. The molecule has 0 fully saturated rings. The van der Waals surface area contributed by atoms with Crippen LogP contribution in [-0.2, 0) is 6.42 Å². The maximum atomic E-state index is 2.27. The zero-order valence-corrected chi connectivity index (χ0v) is 13.0. The Morgan fingerprint density at radius 1 is 0.684 bits per heavy atom. The number of hydrogen-bond acceptors (Lipinski definition) is 0. The van der Waals surface area contributed by atoms with Gasteiger partial charge in [0, 0.05) is 0 Å². The van der Waals surface area contributed by atoms with Gasteiger partial charge in [0.15, 0.2) is 0 Å². The molecule has 100 valence electrons. The Morgan fingerprint density at radius 2 is 1.16 bits per heavy atom. The molecule has 0 unspecified atom stereocenters. The van der Waals surface area contributed by atoms with Crippen molar-refractivity contribution in [2.45, 2.75) is 48.0 Å². The molecule has 0 radical (unpaired) electrons. The van der Waals surface area contributed by atoms with Crippen molar-refractivity contribution in [1.29, 1.82) is 0 Å². The molecule has 0 aliphatic carbocycles. The lowest BCUT2D eigenvalue weighted by Gasteiger charge is -2.20. The molecular formula is C19H24. The number of rotatable bonds is 2. The largest absolute Gasteiger partial charge is 0.0620 e. The fraction of sp³-hybridized carbons (Fsp3) is 0.368. The summed E-state index contributed by atoms with van der Waals surface area (Å²) in [5, 5.41) is 0. The molecule has 0 nitrogen and oxygen atoms in total. The van der Waals surface area contributed by atoms with Crippen LogP contribution in [0.1, 0.15) is 40.3 Å². The Morgan fingerprint density at radius 3 is 1.68 bits per heavy atom. The van der Waals surface area contributed by atoms with Crippen LogP contribution in [0.2, 0.25) is 0 Å². The second-order valence-corrected chi connectivity index (χ2v) is 5.51. The summed E-state index contributed by atoms with van der Waals surface area (Å²) in [7, 11) is 0. The van der Waals surface area contributed by atoms with Crippen LogP contribution < -0.4 is 0 Å². The Hall–Kier alpha value is -1.56. The Bertz CT molecular complexity index is 589. The van der Waals surface area contributed by atoms with Crippen LogP contribution in [0.5, 0.6) is 0 Å². The Labute approximate surface area is 117 Å². The molecule has 19 heavy (non-hydrogen) atoms. The van der Waals surface area contributed by atoms with E-state index < -0.39 is 0 Å². The third-order valence-electron chi connectivity index (χ3n) is 4.67. The minimum absolute atomic E-state index is 1.08. The van der Waals surface area contributed by atoms with Gasteiger partial charge in [-0.3, -0.25) is 0 Å². The minimum atomic E-state index is 1.08. The quantitative estimate of drug-likeness (QED) is 0.666. The van der Waals surface area contributed by atoms with Crippen molar-refractivity contribution >= 4 is 0 Å². The molecule has 2 aromatic rings. The molecule has 0 spiro atoms. The first-order chi connectivity index (χ1) is 8.99. The highest BCUT2D eigenvalue weighted by molar-refractivity contribution is 5.77. The molecule has 0 aliphatic rings. The first-order valence-corrected chi connectivity index (χ1v) is 7.14. The molecular weight excluding hydrogens is 228 g/mol. The molecule has 0 saturated heterocycles. The molecule has 0 aliphatic heterocycles. The van der Waals surface area contributed by atoms with E-state index in [4.69, 9.17) is 0 Å². The summed E-state index contributed by atoms with van der Waals surface area (Å²) >= 11 is 0. The SMILES string of the molecule is CCc1ccccc1-c1c(C)c(C)c(C)c(C)c1C. The molecule has 0 heteroatoms. The van der Waals surface area contributed by atoms with Crippen LogP contribution in [0, 0.1) is 34.6 Å². The maximum absolute atomic E-state index is 2.27. The van der Waals surface area contributed by atoms with Crippen molar-refractivity contribution in [3.05, 3.63) is 57.6 Å². The highest BCUT2D eigenvalue weighted by Gasteiger charge is 2.15. The van der Waals surface area contributed by atoms with Crippen molar-refractivity contribution in [1.82, 2.24) is 0 Å². The standard InChI is InChI=1S/C19H24/c1-7-17-10-8-9-11-18(17)19-15(5)13(3)12(2)14(4)16(19)6/h8-11H,7H2,1-6H3. The van der Waals surface area contributed by atoms with Crippen molar-refractivity contribution in [3.63, 3.8) is 0 Å². The fourth-order valence-electron chi connectivity index (χ4n) is 2.98. The van der Waals surface area contributed by atoms with Crippen molar-refractivity contribution in [2.24, 2.45) is 0 Å². The van der Waals surface area contributed by atoms with Crippen LogP contribution in [0.3, 0.4) is 0 Å². The number of benzene rings is 2. The van der Waals surface area contributed by atoms with Gasteiger partial charge in [0.25, 0.3) is 0 Å².